The van der Waals surface area contributed by atoms with Crippen LogP contribution >= 0.6 is 27.5 Å². The molecule has 0 bridgehead atoms. The molecule has 2 aromatic carbocycles. The van der Waals surface area contributed by atoms with Gasteiger partial charge in [-0.25, -0.2) is 0 Å². The average Bonchev–Trinajstić information content (AvgIpc) is 2.43. The molecule has 0 saturated heterocycles. The van der Waals surface area contributed by atoms with Crippen molar-refractivity contribution in [3.63, 3.8) is 0 Å². The minimum absolute atomic E-state index is 0.737. The third-order valence-electron chi connectivity index (χ3n) is 2.78. The standard InChI is InChI=1S/C15H15BrClNO/c1-19-13-4-2-3-11(7-13)9-18-10-12-5-6-14(16)15(17)8-12/h2-8,18H,9-10H2,1H3. The lowest BCUT2D eigenvalue weighted by Crippen LogP contribution is -2.12. The lowest BCUT2D eigenvalue weighted by molar-refractivity contribution is 0.414. The fourth-order valence-electron chi connectivity index (χ4n) is 1.78. The minimum Gasteiger partial charge on any atom is -0.497 e. The average molecular weight is 341 g/mol. The van der Waals surface area contributed by atoms with Crippen molar-refractivity contribution in [3.8, 4) is 5.75 Å². The minimum atomic E-state index is 0.737. The summed E-state index contributed by atoms with van der Waals surface area (Å²) in [6.45, 7) is 1.58. The van der Waals surface area contributed by atoms with Crippen LogP contribution in [0.4, 0.5) is 0 Å². The Hall–Kier alpha value is -1.03. The molecule has 1 N–H and O–H groups in total. The first-order valence-corrected chi connectivity index (χ1v) is 7.13. The van der Waals surface area contributed by atoms with Crippen molar-refractivity contribution in [2.45, 2.75) is 13.1 Å². The summed E-state index contributed by atoms with van der Waals surface area (Å²) in [6, 6.07) is 14.0. The van der Waals surface area contributed by atoms with Gasteiger partial charge in [-0.3, -0.25) is 0 Å². The highest BCUT2D eigenvalue weighted by Crippen LogP contribution is 2.23. The van der Waals surface area contributed by atoms with Crippen LogP contribution in [-0.4, -0.2) is 7.11 Å². The van der Waals surface area contributed by atoms with E-state index in [9.17, 15) is 0 Å². The van der Waals surface area contributed by atoms with Crippen LogP contribution in [0.2, 0.25) is 5.02 Å². The molecule has 0 aliphatic rings. The van der Waals surface area contributed by atoms with Crippen molar-refractivity contribution in [3.05, 3.63) is 63.1 Å². The zero-order chi connectivity index (χ0) is 13.7. The third-order valence-corrected chi connectivity index (χ3v) is 4.01. The monoisotopic (exact) mass is 339 g/mol. The normalized spacial score (nSPS) is 10.5. The second-order valence-corrected chi connectivity index (χ2v) is 5.47. The Morgan fingerprint density at radius 2 is 1.84 bits per heavy atom. The highest BCUT2D eigenvalue weighted by molar-refractivity contribution is 9.10. The lowest BCUT2D eigenvalue weighted by atomic mass is 10.2. The largest absolute Gasteiger partial charge is 0.497 e. The third kappa shape index (κ3) is 4.23. The van der Waals surface area contributed by atoms with Gasteiger partial charge in [0.15, 0.2) is 0 Å². The van der Waals surface area contributed by atoms with Crippen LogP contribution in [0.15, 0.2) is 46.9 Å². The lowest BCUT2D eigenvalue weighted by Gasteiger charge is -2.07. The Bertz CT molecular complexity index is 560. The summed E-state index contributed by atoms with van der Waals surface area (Å²) in [6.07, 6.45) is 0. The summed E-state index contributed by atoms with van der Waals surface area (Å²) in [7, 11) is 1.68. The van der Waals surface area contributed by atoms with E-state index >= 15 is 0 Å². The SMILES string of the molecule is COc1cccc(CNCc2ccc(Br)c(Cl)c2)c1. The predicted octanol–water partition coefficient (Wildman–Crippen LogP) is 4.40. The molecule has 0 aliphatic carbocycles. The molecule has 0 atom stereocenters. The van der Waals surface area contributed by atoms with Crippen LogP contribution < -0.4 is 10.1 Å². The van der Waals surface area contributed by atoms with Gasteiger partial charge in [0.2, 0.25) is 0 Å². The number of methoxy groups -OCH3 is 1. The Kier molecular flexibility index (Phi) is 5.25. The summed E-state index contributed by atoms with van der Waals surface area (Å²) in [5.74, 6) is 0.881. The molecule has 2 nitrogen and oxygen atoms in total. The smallest absolute Gasteiger partial charge is 0.119 e. The molecule has 0 unspecified atom stereocenters. The molecule has 0 aliphatic heterocycles. The maximum atomic E-state index is 6.06. The van der Waals surface area contributed by atoms with E-state index < -0.39 is 0 Å². The summed E-state index contributed by atoms with van der Waals surface area (Å²) in [4.78, 5) is 0. The second kappa shape index (κ2) is 6.94. The summed E-state index contributed by atoms with van der Waals surface area (Å²) < 4.78 is 6.12. The Balaban J connectivity index is 1.90. The van der Waals surface area contributed by atoms with Gasteiger partial charge in [-0.15, -0.1) is 0 Å². The van der Waals surface area contributed by atoms with Crippen LogP contribution in [0.5, 0.6) is 5.75 Å². The summed E-state index contributed by atoms with van der Waals surface area (Å²) in [5, 5.41) is 4.12. The van der Waals surface area contributed by atoms with E-state index in [0.29, 0.717) is 0 Å². The fourth-order valence-corrected chi connectivity index (χ4v) is 2.23. The quantitative estimate of drug-likeness (QED) is 0.871. The maximum Gasteiger partial charge on any atom is 0.119 e. The molecular weight excluding hydrogens is 326 g/mol. The van der Waals surface area contributed by atoms with Gasteiger partial charge < -0.3 is 10.1 Å². The summed E-state index contributed by atoms with van der Waals surface area (Å²) in [5.41, 5.74) is 2.36. The Morgan fingerprint density at radius 1 is 1.11 bits per heavy atom. The number of rotatable bonds is 5. The first-order valence-electron chi connectivity index (χ1n) is 5.96. The van der Waals surface area contributed by atoms with E-state index in [-0.39, 0.29) is 0 Å². The van der Waals surface area contributed by atoms with Gasteiger partial charge in [0.25, 0.3) is 0 Å². The van der Waals surface area contributed by atoms with Gasteiger partial charge in [-0.2, -0.15) is 0 Å². The molecule has 0 heterocycles. The number of benzene rings is 2. The molecular formula is C15H15BrClNO. The van der Waals surface area contributed by atoms with Crippen LogP contribution in [0, 0.1) is 0 Å². The van der Waals surface area contributed by atoms with E-state index in [1.807, 2.05) is 30.3 Å². The molecule has 100 valence electrons. The van der Waals surface area contributed by atoms with E-state index in [1.54, 1.807) is 7.11 Å². The predicted molar refractivity (Wildman–Crippen MR) is 82.7 cm³/mol. The van der Waals surface area contributed by atoms with Crippen LogP contribution in [0.25, 0.3) is 0 Å². The van der Waals surface area contributed by atoms with Gasteiger partial charge in [-0.05, 0) is 51.3 Å². The van der Waals surface area contributed by atoms with Gasteiger partial charge in [0.05, 0.1) is 12.1 Å². The molecule has 2 rings (SSSR count). The first kappa shape index (κ1) is 14.4. The van der Waals surface area contributed by atoms with E-state index in [4.69, 9.17) is 16.3 Å². The van der Waals surface area contributed by atoms with Crippen LogP contribution in [0.3, 0.4) is 0 Å². The zero-order valence-corrected chi connectivity index (χ0v) is 13.0. The number of ether oxygens (including phenoxy) is 1. The topological polar surface area (TPSA) is 21.3 Å². The van der Waals surface area contributed by atoms with Gasteiger partial charge in [0.1, 0.15) is 5.75 Å². The van der Waals surface area contributed by atoms with Crippen molar-refractivity contribution in [2.75, 3.05) is 7.11 Å². The molecule has 2 aromatic rings. The highest BCUT2D eigenvalue weighted by Gasteiger charge is 2.00. The Labute approximate surface area is 126 Å². The van der Waals surface area contributed by atoms with E-state index in [2.05, 4.69) is 33.4 Å². The highest BCUT2D eigenvalue weighted by atomic mass is 79.9. The molecule has 0 aromatic heterocycles. The Morgan fingerprint density at radius 3 is 2.53 bits per heavy atom. The first-order chi connectivity index (χ1) is 9.19. The molecule has 0 spiro atoms. The van der Waals surface area contributed by atoms with Crippen molar-refractivity contribution in [1.29, 1.82) is 0 Å². The number of halogens is 2. The number of nitrogens with one attached hydrogen (secondary N) is 1. The van der Waals surface area contributed by atoms with Crippen molar-refractivity contribution < 1.29 is 4.74 Å². The van der Waals surface area contributed by atoms with Gasteiger partial charge in [0, 0.05) is 17.6 Å². The van der Waals surface area contributed by atoms with E-state index in [0.717, 1.165) is 33.9 Å². The van der Waals surface area contributed by atoms with Gasteiger partial charge in [-0.1, -0.05) is 29.8 Å². The van der Waals surface area contributed by atoms with Crippen molar-refractivity contribution in [1.82, 2.24) is 5.32 Å². The van der Waals surface area contributed by atoms with E-state index in [1.165, 1.54) is 5.56 Å². The van der Waals surface area contributed by atoms with Crippen molar-refractivity contribution in [2.24, 2.45) is 0 Å². The van der Waals surface area contributed by atoms with Crippen molar-refractivity contribution >= 4 is 27.5 Å². The molecule has 0 amide bonds. The molecule has 0 fully saturated rings. The van der Waals surface area contributed by atoms with Crippen LogP contribution in [0.1, 0.15) is 11.1 Å². The fraction of sp³-hybridized carbons (Fsp3) is 0.200. The zero-order valence-electron chi connectivity index (χ0n) is 10.6. The number of hydrogen-bond donors (Lipinski definition) is 1. The maximum absolute atomic E-state index is 6.06. The molecule has 19 heavy (non-hydrogen) atoms. The number of hydrogen-bond acceptors (Lipinski definition) is 2. The van der Waals surface area contributed by atoms with Crippen LogP contribution in [-0.2, 0) is 13.1 Å². The molecule has 0 radical (unpaired) electrons. The summed E-state index contributed by atoms with van der Waals surface area (Å²) >= 11 is 9.44. The van der Waals surface area contributed by atoms with Gasteiger partial charge >= 0.3 is 0 Å². The molecule has 4 heteroatoms. The second-order valence-electron chi connectivity index (χ2n) is 4.20. The molecule has 0 saturated carbocycles.